The van der Waals surface area contributed by atoms with Crippen LogP contribution in [0.4, 0.5) is 0 Å². The Morgan fingerprint density at radius 3 is 2.70 bits per heavy atom. The summed E-state index contributed by atoms with van der Waals surface area (Å²) in [4.78, 5) is 38.9. The maximum absolute atomic E-state index is 12.7. The molecule has 0 amide bonds. The zero-order chi connectivity index (χ0) is 20.8. The van der Waals surface area contributed by atoms with Gasteiger partial charge in [-0.3, -0.25) is 23.8 Å². The average molecular weight is 402 g/mol. The van der Waals surface area contributed by atoms with E-state index >= 15 is 0 Å². The monoisotopic (exact) mass is 402 g/mol. The molecular formula is C22H22N6O2. The second-order valence-corrected chi connectivity index (χ2v) is 7.74. The average Bonchev–Trinajstić information content (AvgIpc) is 2.98. The molecule has 30 heavy (non-hydrogen) atoms. The SMILES string of the molecule is Cn1c(=O)n(C)c2cc(CN3CCc4nc(-c5ccccn5)[nH]c(=O)c4C3)ccc21. The van der Waals surface area contributed by atoms with Crippen LogP contribution in [0, 0.1) is 0 Å². The number of benzene rings is 1. The lowest BCUT2D eigenvalue weighted by Gasteiger charge is -2.27. The van der Waals surface area contributed by atoms with Crippen molar-refractivity contribution < 1.29 is 0 Å². The molecule has 4 aromatic rings. The van der Waals surface area contributed by atoms with Gasteiger partial charge in [-0.2, -0.15) is 0 Å². The van der Waals surface area contributed by atoms with Crippen LogP contribution in [0.25, 0.3) is 22.6 Å². The lowest BCUT2D eigenvalue weighted by molar-refractivity contribution is 0.242. The van der Waals surface area contributed by atoms with Crippen LogP contribution in [0.15, 0.2) is 52.2 Å². The number of nitrogens with zero attached hydrogens (tertiary/aromatic N) is 5. The molecule has 0 saturated carbocycles. The van der Waals surface area contributed by atoms with Gasteiger partial charge in [0.15, 0.2) is 5.82 Å². The van der Waals surface area contributed by atoms with Crippen molar-refractivity contribution in [1.82, 2.24) is 29.0 Å². The van der Waals surface area contributed by atoms with E-state index in [0.717, 1.165) is 28.8 Å². The summed E-state index contributed by atoms with van der Waals surface area (Å²) in [6.45, 7) is 2.07. The third kappa shape index (κ3) is 3.05. The largest absolute Gasteiger partial charge is 0.328 e. The predicted molar refractivity (Wildman–Crippen MR) is 114 cm³/mol. The Morgan fingerprint density at radius 2 is 1.90 bits per heavy atom. The van der Waals surface area contributed by atoms with Gasteiger partial charge in [-0.05, 0) is 29.8 Å². The van der Waals surface area contributed by atoms with Gasteiger partial charge in [0, 0.05) is 46.3 Å². The summed E-state index contributed by atoms with van der Waals surface area (Å²) in [5.41, 5.74) is 5.03. The van der Waals surface area contributed by atoms with E-state index < -0.39 is 0 Å². The van der Waals surface area contributed by atoms with Crippen LogP contribution in [-0.2, 0) is 33.6 Å². The normalized spacial score (nSPS) is 14.2. The van der Waals surface area contributed by atoms with Gasteiger partial charge in [-0.25, -0.2) is 9.78 Å². The quantitative estimate of drug-likeness (QED) is 0.562. The number of hydrogen-bond donors (Lipinski definition) is 1. The van der Waals surface area contributed by atoms with Crippen LogP contribution < -0.4 is 11.2 Å². The number of aryl methyl sites for hydroxylation is 2. The lowest BCUT2D eigenvalue weighted by Crippen LogP contribution is -2.35. The number of fused-ring (bicyclic) bond motifs is 2. The molecule has 8 nitrogen and oxygen atoms in total. The Kier molecular flexibility index (Phi) is 4.36. The lowest BCUT2D eigenvalue weighted by atomic mass is 10.1. The van der Waals surface area contributed by atoms with Gasteiger partial charge in [0.1, 0.15) is 5.69 Å². The molecule has 0 radical (unpaired) electrons. The number of aromatic amines is 1. The van der Waals surface area contributed by atoms with E-state index in [0.29, 0.717) is 36.6 Å². The van der Waals surface area contributed by atoms with Gasteiger partial charge in [-0.15, -0.1) is 0 Å². The predicted octanol–water partition coefficient (Wildman–Crippen LogP) is 1.58. The molecule has 152 valence electrons. The van der Waals surface area contributed by atoms with Crippen LogP contribution in [0.2, 0.25) is 0 Å². The van der Waals surface area contributed by atoms with Crippen molar-refractivity contribution >= 4 is 11.0 Å². The molecule has 8 heteroatoms. The zero-order valence-corrected chi connectivity index (χ0v) is 16.9. The minimum Gasteiger partial charge on any atom is -0.305 e. The molecule has 1 aromatic carbocycles. The third-order valence-corrected chi connectivity index (χ3v) is 5.80. The van der Waals surface area contributed by atoms with Crippen molar-refractivity contribution in [2.45, 2.75) is 19.5 Å². The van der Waals surface area contributed by atoms with E-state index in [9.17, 15) is 9.59 Å². The summed E-state index contributed by atoms with van der Waals surface area (Å²) >= 11 is 0. The van der Waals surface area contributed by atoms with Crippen LogP contribution >= 0.6 is 0 Å². The second kappa shape index (κ2) is 7.07. The first-order valence-corrected chi connectivity index (χ1v) is 9.91. The molecule has 0 saturated heterocycles. The summed E-state index contributed by atoms with van der Waals surface area (Å²) in [5.74, 6) is 0.517. The Bertz CT molecular complexity index is 1370. The Hall–Kier alpha value is -3.52. The highest BCUT2D eigenvalue weighted by molar-refractivity contribution is 5.76. The summed E-state index contributed by atoms with van der Waals surface area (Å²) in [5, 5.41) is 0. The molecular weight excluding hydrogens is 380 g/mol. The molecule has 0 spiro atoms. The zero-order valence-electron chi connectivity index (χ0n) is 16.9. The van der Waals surface area contributed by atoms with Crippen molar-refractivity contribution in [1.29, 1.82) is 0 Å². The minimum atomic E-state index is -0.105. The second-order valence-electron chi connectivity index (χ2n) is 7.74. The van der Waals surface area contributed by atoms with Crippen LogP contribution in [0.5, 0.6) is 0 Å². The van der Waals surface area contributed by atoms with Crippen molar-refractivity contribution in [3.05, 3.63) is 80.3 Å². The van der Waals surface area contributed by atoms with E-state index in [-0.39, 0.29) is 11.2 Å². The number of imidazole rings is 1. The maximum Gasteiger partial charge on any atom is 0.328 e. The number of H-pyrrole nitrogens is 1. The fourth-order valence-corrected chi connectivity index (χ4v) is 4.15. The summed E-state index contributed by atoms with van der Waals surface area (Å²) in [7, 11) is 3.57. The van der Waals surface area contributed by atoms with Gasteiger partial charge < -0.3 is 4.98 Å². The molecule has 5 rings (SSSR count). The van der Waals surface area contributed by atoms with Gasteiger partial charge in [-0.1, -0.05) is 12.1 Å². The first-order valence-electron chi connectivity index (χ1n) is 9.91. The van der Waals surface area contributed by atoms with Crippen molar-refractivity contribution in [2.24, 2.45) is 14.1 Å². The summed E-state index contributed by atoms with van der Waals surface area (Å²) in [6, 6.07) is 11.6. The number of aromatic nitrogens is 5. The molecule has 1 N–H and O–H groups in total. The molecule has 0 bridgehead atoms. The Morgan fingerprint density at radius 1 is 1.07 bits per heavy atom. The number of pyridine rings is 1. The van der Waals surface area contributed by atoms with Gasteiger partial charge in [0.05, 0.1) is 22.3 Å². The molecule has 4 heterocycles. The van der Waals surface area contributed by atoms with Crippen LogP contribution in [-0.4, -0.2) is 35.5 Å². The van der Waals surface area contributed by atoms with Gasteiger partial charge in [0.25, 0.3) is 5.56 Å². The van der Waals surface area contributed by atoms with Crippen molar-refractivity contribution in [2.75, 3.05) is 6.54 Å². The Balaban J connectivity index is 1.41. The van der Waals surface area contributed by atoms with E-state index in [2.05, 4.69) is 25.9 Å². The van der Waals surface area contributed by atoms with Gasteiger partial charge >= 0.3 is 5.69 Å². The van der Waals surface area contributed by atoms with E-state index in [1.807, 2.05) is 30.3 Å². The fourth-order valence-electron chi connectivity index (χ4n) is 4.15. The minimum absolute atomic E-state index is 0.0321. The van der Waals surface area contributed by atoms with E-state index in [1.54, 1.807) is 29.4 Å². The smallest absolute Gasteiger partial charge is 0.305 e. The number of rotatable bonds is 3. The van der Waals surface area contributed by atoms with E-state index in [4.69, 9.17) is 0 Å². The van der Waals surface area contributed by atoms with Crippen LogP contribution in [0.1, 0.15) is 16.8 Å². The standard InChI is InChI=1S/C22H22N6O2/c1-26-18-7-6-14(11-19(18)27(2)22(26)30)12-28-10-8-16-15(13-28)21(29)25-20(24-16)17-5-3-4-9-23-17/h3-7,9,11H,8,10,12-13H2,1-2H3,(H,24,25,29). The highest BCUT2D eigenvalue weighted by Gasteiger charge is 2.22. The molecule has 0 aliphatic carbocycles. The topological polar surface area (TPSA) is 88.8 Å². The van der Waals surface area contributed by atoms with Gasteiger partial charge in [0.2, 0.25) is 0 Å². The highest BCUT2D eigenvalue weighted by atomic mass is 16.1. The molecule has 1 aliphatic heterocycles. The maximum atomic E-state index is 12.7. The first-order chi connectivity index (χ1) is 14.5. The molecule has 1 aliphatic rings. The van der Waals surface area contributed by atoms with E-state index in [1.165, 1.54) is 0 Å². The Labute approximate surface area is 172 Å². The summed E-state index contributed by atoms with van der Waals surface area (Å²) < 4.78 is 3.32. The van der Waals surface area contributed by atoms with Crippen LogP contribution in [0.3, 0.4) is 0 Å². The molecule has 0 fully saturated rings. The molecule has 0 atom stereocenters. The number of hydrogen-bond acceptors (Lipinski definition) is 5. The highest BCUT2D eigenvalue weighted by Crippen LogP contribution is 2.21. The van der Waals surface area contributed by atoms with Crippen molar-refractivity contribution in [3.63, 3.8) is 0 Å². The molecule has 3 aromatic heterocycles. The van der Waals surface area contributed by atoms with Crippen molar-refractivity contribution in [3.8, 4) is 11.5 Å². The number of nitrogens with one attached hydrogen (secondary N) is 1. The third-order valence-electron chi connectivity index (χ3n) is 5.80. The first kappa shape index (κ1) is 18.5. The molecule has 0 unspecified atom stereocenters. The summed E-state index contributed by atoms with van der Waals surface area (Å²) in [6.07, 6.45) is 2.40. The fraction of sp³-hybridized carbons (Fsp3) is 0.273.